The molecule has 0 saturated heterocycles. The Morgan fingerprint density at radius 3 is 2.47 bits per heavy atom. The van der Waals surface area contributed by atoms with Crippen molar-refractivity contribution < 1.29 is 14.3 Å². The Hall–Kier alpha value is -3.25. The van der Waals surface area contributed by atoms with Crippen LogP contribution in [-0.2, 0) is 9.59 Å². The second-order valence-electron chi connectivity index (χ2n) is 6.95. The monoisotopic (exact) mass is 418 g/mol. The molecule has 30 heavy (non-hydrogen) atoms. The van der Waals surface area contributed by atoms with Gasteiger partial charge in [0.05, 0.1) is 12.8 Å². The Kier molecular flexibility index (Phi) is 6.05. The van der Waals surface area contributed by atoms with E-state index in [1.807, 2.05) is 54.6 Å². The summed E-state index contributed by atoms with van der Waals surface area (Å²) in [5, 5.41) is 2.87. The average Bonchev–Trinajstić information content (AvgIpc) is 2.91. The molecule has 0 aliphatic carbocycles. The van der Waals surface area contributed by atoms with Crippen LogP contribution in [0.2, 0.25) is 0 Å². The van der Waals surface area contributed by atoms with Gasteiger partial charge < -0.3 is 15.0 Å². The van der Waals surface area contributed by atoms with E-state index in [-0.39, 0.29) is 23.6 Å². The Labute approximate surface area is 180 Å². The number of hydrogen-bond acceptors (Lipinski definition) is 4. The molecule has 0 spiro atoms. The number of carbonyl (C=O) groups excluding carboxylic acids is 2. The van der Waals surface area contributed by atoms with Gasteiger partial charge in [-0.25, -0.2) is 0 Å². The van der Waals surface area contributed by atoms with Crippen LogP contribution in [0, 0.1) is 0 Å². The molecule has 0 fully saturated rings. The summed E-state index contributed by atoms with van der Waals surface area (Å²) >= 11 is 1.67. The molecule has 1 heterocycles. The predicted molar refractivity (Wildman–Crippen MR) is 120 cm³/mol. The SMILES string of the molecule is COc1ccc(NC(=O)CN2C(=O)CC(c3ccccc3)Sc3ccccc32)cc1. The Balaban J connectivity index is 1.55. The number of rotatable bonds is 5. The van der Waals surface area contributed by atoms with Gasteiger partial charge in [-0.1, -0.05) is 42.5 Å². The summed E-state index contributed by atoms with van der Waals surface area (Å²) in [5.41, 5.74) is 2.54. The zero-order valence-electron chi connectivity index (χ0n) is 16.6. The Morgan fingerprint density at radius 1 is 1.03 bits per heavy atom. The van der Waals surface area contributed by atoms with E-state index in [4.69, 9.17) is 4.74 Å². The van der Waals surface area contributed by atoms with E-state index in [1.165, 1.54) is 0 Å². The molecule has 0 bridgehead atoms. The van der Waals surface area contributed by atoms with Gasteiger partial charge in [-0.05, 0) is 42.0 Å². The molecular formula is C24H22N2O3S. The minimum atomic E-state index is -0.244. The van der Waals surface area contributed by atoms with Gasteiger partial charge in [0.1, 0.15) is 12.3 Å². The van der Waals surface area contributed by atoms with Crippen LogP contribution < -0.4 is 15.0 Å². The standard InChI is InChI=1S/C24H22N2O3S/c1-29-19-13-11-18(12-14-19)25-23(27)16-26-20-9-5-6-10-21(20)30-22(15-24(26)28)17-7-3-2-4-8-17/h2-14,22H,15-16H2,1H3,(H,25,27). The van der Waals surface area contributed by atoms with Crippen LogP contribution in [0.5, 0.6) is 5.75 Å². The van der Waals surface area contributed by atoms with Crippen LogP contribution in [-0.4, -0.2) is 25.5 Å². The molecule has 0 aromatic heterocycles. The van der Waals surface area contributed by atoms with Crippen LogP contribution >= 0.6 is 11.8 Å². The normalized spacial score (nSPS) is 15.8. The second kappa shape index (κ2) is 9.05. The first kappa shape index (κ1) is 20.0. The first-order valence-electron chi connectivity index (χ1n) is 9.69. The molecular weight excluding hydrogens is 396 g/mol. The number of hydrogen-bond donors (Lipinski definition) is 1. The molecule has 1 N–H and O–H groups in total. The molecule has 1 aliphatic rings. The lowest BCUT2D eigenvalue weighted by Crippen LogP contribution is -2.38. The molecule has 1 unspecified atom stereocenters. The Morgan fingerprint density at radius 2 is 1.73 bits per heavy atom. The summed E-state index contributed by atoms with van der Waals surface area (Å²) in [6.07, 6.45) is 0.333. The molecule has 0 radical (unpaired) electrons. The van der Waals surface area contributed by atoms with Gasteiger partial charge in [0.25, 0.3) is 0 Å². The van der Waals surface area contributed by atoms with Gasteiger partial charge in [-0.3, -0.25) is 9.59 Å². The third kappa shape index (κ3) is 4.49. The number of ether oxygens (including phenoxy) is 1. The van der Waals surface area contributed by atoms with E-state index < -0.39 is 0 Å². The van der Waals surface area contributed by atoms with Crippen LogP contribution in [0.25, 0.3) is 0 Å². The number of carbonyl (C=O) groups is 2. The number of para-hydroxylation sites is 1. The smallest absolute Gasteiger partial charge is 0.244 e. The molecule has 3 aromatic carbocycles. The highest BCUT2D eigenvalue weighted by Gasteiger charge is 2.30. The number of nitrogens with zero attached hydrogens (tertiary/aromatic N) is 1. The highest BCUT2D eigenvalue weighted by molar-refractivity contribution is 7.99. The fourth-order valence-electron chi connectivity index (χ4n) is 3.42. The fourth-order valence-corrected chi connectivity index (χ4v) is 4.71. The summed E-state index contributed by atoms with van der Waals surface area (Å²) in [4.78, 5) is 28.4. The van der Waals surface area contributed by atoms with Crippen molar-refractivity contribution in [2.45, 2.75) is 16.6 Å². The highest BCUT2D eigenvalue weighted by atomic mass is 32.2. The topological polar surface area (TPSA) is 58.6 Å². The molecule has 2 amide bonds. The number of thioether (sulfide) groups is 1. The summed E-state index contributed by atoms with van der Waals surface area (Å²) in [6.45, 7) is -0.0378. The highest BCUT2D eigenvalue weighted by Crippen LogP contribution is 2.45. The maximum absolute atomic E-state index is 13.1. The lowest BCUT2D eigenvalue weighted by atomic mass is 10.1. The second-order valence-corrected chi connectivity index (χ2v) is 8.19. The Bertz CT molecular complexity index is 1040. The fraction of sp³-hybridized carbons (Fsp3) is 0.167. The van der Waals surface area contributed by atoms with Crippen molar-refractivity contribution in [3.63, 3.8) is 0 Å². The van der Waals surface area contributed by atoms with Crippen molar-refractivity contribution in [2.24, 2.45) is 0 Å². The lowest BCUT2D eigenvalue weighted by molar-refractivity contribution is -0.121. The van der Waals surface area contributed by atoms with Gasteiger partial charge >= 0.3 is 0 Å². The van der Waals surface area contributed by atoms with Crippen LogP contribution in [0.3, 0.4) is 0 Å². The third-order valence-electron chi connectivity index (χ3n) is 4.93. The maximum atomic E-state index is 13.1. The largest absolute Gasteiger partial charge is 0.497 e. The van der Waals surface area contributed by atoms with Crippen LogP contribution in [0.15, 0.2) is 83.8 Å². The zero-order chi connectivity index (χ0) is 20.9. The molecule has 3 aromatic rings. The molecule has 152 valence electrons. The number of nitrogens with one attached hydrogen (secondary N) is 1. The van der Waals surface area contributed by atoms with Gasteiger partial charge in [-0.2, -0.15) is 0 Å². The van der Waals surface area contributed by atoms with E-state index in [2.05, 4.69) is 5.32 Å². The molecule has 4 rings (SSSR count). The predicted octanol–water partition coefficient (Wildman–Crippen LogP) is 4.90. The first-order valence-corrected chi connectivity index (χ1v) is 10.6. The van der Waals surface area contributed by atoms with Crippen LogP contribution in [0.4, 0.5) is 11.4 Å². The van der Waals surface area contributed by atoms with Crippen molar-refractivity contribution in [2.75, 3.05) is 23.9 Å². The zero-order valence-corrected chi connectivity index (χ0v) is 17.4. The van der Waals surface area contributed by atoms with Crippen molar-refractivity contribution in [1.82, 2.24) is 0 Å². The lowest BCUT2D eigenvalue weighted by Gasteiger charge is -2.22. The summed E-state index contributed by atoms with van der Waals surface area (Å²) in [7, 11) is 1.59. The molecule has 1 aliphatic heterocycles. The van der Waals surface area contributed by atoms with E-state index >= 15 is 0 Å². The first-order chi connectivity index (χ1) is 14.6. The summed E-state index contributed by atoms with van der Waals surface area (Å²) in [6, 6.07) is 24.9. The van der Waals surface area contributed by atoms with Crippen molar-refractivity contribution in [3.05, 3.63) is 84.4 Å². The molecule has 5 nitrogen and oxygen atoms in total. The maximum Gasteiger partial charge on any atom is 0.244 e. The summed E-state index contributed by atoms with van der Waals surface area (Å²) < 4.78 is 5.14. The van der Waals surface area contributed by atoms with Crippen molar-refractivity contribution >= 4 is 35.0 Å². The van der Waals surface area contributed by atoms with Gasteiger partial charge in [0.15, 0.2) is 0 Å². The molecule has 1 atom stereocenters. The number of fused-ring (bicyclic) bond motifs is 1. The number of methoxy groups -OCH3 is 1. The molecule has 6 heteroatoms. The molecule has 0 saturated carbocycles. The number of amides is 2. The average molecular weight is 419 g/mol. The van der Waals surface area contributed by atoms with E-state index in [9.17, 15) is 9.59 Å². The van der Waals surface area contributed by atoms with Crippen molar-refractivity contribution in [3.8, 4) is 5.75 Å². The number of anilines is 2. The van der Waals surface area contributed by atoms with Crippen molar-refractivity contribution in [1.29, 1.82) is 0 Å². The summed E-state index contributed by atoms with van der Waals surface area (Å²) in [5.74, 6) is 0.409. The van der Waals surface area contributed by atoms with E-state index in [0.29, 0.717) is 17.9 Å². The minimum absolute atomic E-state index is 0.00880. The quantitative estimate of drug-likeness (QED) is 0.640. The number of benzene rings is 3. The van der Waals surface area contributed by atoms with Gasteiger partial charge in [0.2, 0.25) is 11.8 Å². The van der Waals surface area contributed by atoms with E-state index in [1.54, 1.807) is 48.0 Å². The van der Waals surface area contributed by atoms with Gasteiger partial charge in [0, 0.05) is 22.3 Å². The third-order valence-corrected chi connectivity index (χ3v) is 6.26. The van der Waals surface area contributed by atoms with Crippen LogP contribution in [0.1, 0.15) is 17.2 Å². The van der Waals surface area contributed by atoms with E-state index in [0.717, 1.165) is 16.1 Å². The van der Waals surface area contributed by atoms with Gasteiger partial charge in [-0.15, -0.1) is 11.8 Å². The minimum Gasteiger partial charge on any atom is -0.497 e.